The number of aliphatic hydroxyl groups is 2. The lowest BCUT2D eigenvalue weighted by atomic mass is 10.0. The standard InChI is InChI=1S/C58H113NO5/c1-3-5-7-9-11-13-15-17-18-21-25-28-32-36-40-44-48-52-58(63)64-53-49-45-41-37-33-29-26-23-20-19-22-24-27-31-35-39-43-47-51-57(62)59-55(54-60)56(61)50-46-42-38-34-30-16-14-12-10-8-6-4-2/h46,50,55-56,60-61H,3-45,47-49,51-54H2,1-2H3,(H,59,62)/b50-46+. The van der Waals surface area contributed by atoms with Gasteiger partial charge in [-0.2, -0.15) is 0 Å². The molecule has 0 bridgehead atoms. The molecule has 3 N–H and O–H groups in total. The summed E-state index contributed by atoms with van der Waals surface area (Å²) in [5.41, 5.74) is 0. The highest BCUT2D eigenvalue weighted by Crippen LogP contribution is 2.17. The van der Waals surface area contributed by atoms with Gasteiger partial charge in [0.1, 0.15) is 0 Å². The lowest BCUT2D eigenvalue weighted by Crippen LogP contribution is -2.45. The number of nitrogens with one attached hydrogen (secondary N) is 1. The van der Waals surface area contributed by atoms with E-state index >= 15 is 0 Å². The van der Waals surface area contributed by atoms with E-state index in [9.17, 15) is 19.8 Å². The van der Waals surface area contributed by atoms with Gasteiger partial charge in [-0.3, -0.25) is 9.59 Å². The normalized spacial score (nSPS) is 12.6. The Labute approximate surface area is 399 Å². The van der Waals surface area contributed by atoms with Crippen LogP contribution in [0.25, 0.3) is 0 Å². The second-order valence-electron chi connectivity index (χ2n) is 20.0. The van der Waals surface area contributed by atoms with Crippen molar-refractivity contribution in [3.8, 4) is 0 Å². The molecule has 64 heavy (non-hydrogen) atoms. The maximum Gasteiger partial charge on any atom is 0.305 e. The van der Waals surface area contributed by atoms with E-state index in [1.54, 1.807) is 6.08 Å². The monoisotopic (exact) mass is 904 g/mol. The molecule has 0 radical (unpaired) electrons. The third-order valence-electron chi connectivity index (χ3n) is 13.6. The second-order valence-corrected chi connectivity index (χ2v) is 20.0. The summed E-state index contributed by atoms with van der Waals surface area (Å²) in [5, 5.41) is 23.0. The molecule has 0 rings (SSSR count). The van der Waals surface area contributed by atoms with Crippen LogP contribution in [0.3, 0.4) is 0 Å². The largest absolute Gasteiger partial charge is 0.466 e. The van der Waals surface area contributed by atoms with E-state index in [0.717, 1.165) is 38.5 Å². The first-order valence-electron chi connectivity index (χ1n) is 29.0. The third kappa shape index (κ3) is 50.0. The fourth-order valence-electron chi connectivity index (χ4n) is 9.11. The summed E-state index contributed by atoms with van der Waals surface area (Å²) in [4.78, 5) is 24.5. The number of hydrogen-bond donors (Lipinski definition) is 3. The number of allylic oxidation sites excluding steroid dienone is 1. The minimum atomic E-state index is -0.845. The first-order chi connectivity index (χ1) is 31.5. The summed E-state index contributed by atoms with van der Waals surface area (Å²) in [6, 6.07) is -0.629. The van der Waals surface area contributed by atoms with Crippen LogP contribution in [0.2, 0.25) is 0 Å². The second kappa shape index (κ2) is 54.2. The van der Waals surface area contributed by atoms with Gasteiger partial charge < -0.3 is 20.3 Å². The molecule has 0 aliphatic carbocycles. The van der Waals surface area contributed by atoms with E-state index in [-0.39, 0.29) is 18.5 Å². The lowest BCUT2D eigenvalue weighted by molar-refractivity contribution is -0.143. The molecule has 2 atom stereocenters. The Morgan fingerprint density at radius 2 is 0.719 bits per heavy atom. The predicted octanol–water partition coefficient (Wildman–Crippen LogP) is 17.7. The molecule has 0 saturated heterocycles. The zero-order chi connectivity index (χ0) is 46.5. The molecular weight excluding hydrogens is 791 g/mol. The van der Waals surface area contributed by atoms with Gasteiger partial charge in [-0.05, 0) is 32.1 Å². The quantitative estimate of drug-likeness (QED) is 0.0321. The van der Waals surface area contributed by atoms with Gasteiger partial charge >= 0.3 is 5.97 Å². The molecule has 0 saturated carbocycles. The first kappa shape index (κ1) is 62.6. The van der Waals surface area contributed by atoms with Crippen LogP contribution in [0.5, 0.6) is 0 Å². The van der Waals surface area contributed by atoms with Crippen LogP contribution in [0.1, 0.15) is 322 Å². The van der Waals surface area contributed by atoms with Crippen LogP contribution in [-0.2, 0) is 14.3 Å². The van der Waals surface area contributed by atoms with Crippen molar-refractivity contribution in [3.05, 3.63) is 12.2 Å². The average molecular weight is 905 g/mol. The number of aliphatic hydroxyl groups excluding tert-OH is 2. The van der Waals surface area contributed by atoms with Gasteiger partial charge in [-0.1, -0.05) is 289 Å². The number of unbranched alkanes of at least 4 members (excludes halogenated alkanes) is 43. The Morgan fingerprint density at radius 3 is 1.06 bits per heavy atom. The molecule has 380 valence electrons. The zero-order valence-electron chi connectivity index (χ0n) is 43.3. The van der Waals surface area contributed by atoms with Gasteiger partial charge in [0, 0.05) is 12.8 Å². The van der Waals surface area contributed by atoms with Crippen molar-refractivity contribution in [2.24, 2.45) is 0 Å². The Bertz CT molecular complexity index is 955. The molecule has 1 amide bonds. The first-order valence-corrected chi connectivity index (χ1v) is 29.0. The van der Waals surface area contributed by atoms with Crippen molar-refractivity contribution in [2.45, 2.75) is 334 Å². The number of esters is 1. The van der Waals surface area contributed by atoms with Crippen LogP contribution in [0.4, 0.5) is 0 Å². The van der Waals surface area contributed by atoms with E-state index in [1.165, 1.54) is 257 Å². The molecule has 0 aromatic carbocycles. The van der Waals surface area contributed by atoms with E-state index < -0.39 is 12.1 Å². The van der Waals surface area contributed by atoms with Crippen LogP contribution in [0, 0.1) is 0 Å². The summed E-state index contributed by atoms with van der Waals surface area (Å²) < 4.78 is 5.49. The Balaban J connectivity index is 3.39. The Kier molecular flexibility index (Phi) is 53.0. The molecule has 0 heterocycles. The molecule has 6 heteroatoms. The molecule has 0 aliphatic heterocycles. The zero-order valence-corrected chi connectivity index (χ0v) is 43.3. The van der Waals surface area contributed by atoms with Crippen molar-refractivity contribution < 1.29 is 24.5 Å². The van der Waals surface area contributed by atoms with Crippen LogP contribution in [-0.4, -0.2) is 47.4 Å². The van der Waals surface area contributed by atoms with Crippen molar-refractivity contribution in [3.63, 3.8) is 0 Å². The summed E-state index contributed by atoms with van der Waals surface area (Å²) in [6.45, 7) is 4.91. The number of amides is 1. The topological polar surface area (TPSA) is 95.9 Å². The van der Waals surface area contributed by atoms with Crippen LogP contribution >= 0.6 is 0 Å². The van der Waals surface area contributed by atoms with Crippen molar-refractivity contribution in [1.82, 2.24) is 5.32 Å². The maximum atomic E-state index is 12.4. The molecule has 0 fully saturated rings. The molecule has 6 nitrogen and oxygen atoms in total. The molecule has 0 spiro atoms. The van der Waals surface area contributed by atoms with Crippen molar-refractivity contribution in [2.75, 3.05) is 13.2 Å². The van der Waals surface area contributed by atoms with Gasteiger partial charge in [-0.15, -0.1) is 0 Å². The highest BCUT2D eigenvalue weighted by atomic mass is 16.5. The van der Waals surface area contributed by atoms with E-state index in [2.05, 4.69) is 19.2 Å². The number of carbonyl (C=O) groups excluding carboxylic acids is 2. The molecule has 0 aromatic rings. The highest BCUT2D eigenvalue weighted by Gasteiger charge is 2.18. The fourth-order valence-corrected chi connectivity index (χ4v) is 9.11. The highest BCUT2D eigenvalue weighted by molar-refractivity contribution is 5.76. The summed E-state index contributed by atoms with van der Waals surface area (Å²) in [5.74, 6) is -0.0606. The van der Waals surface area contributed by atoms with Crippen LogP contribution in [0.15, 0.2) is 12.2 Å². The van der Waals surface area contributed by atoms with Gasteiger partial charge in [0.25, 0.3) is 0 Å². The summed E-state index contributed by atoms with van der Waals surface area (Å²) >= 11 is 0. The van der Waals surface area contributed by atoms with Crippen molar-refractivity contribution >= 4 is 11.9 Å². The van der Waals surface area contributed by atoms with Gasteiger partial charge in [-0.25, -0.2) is 0 Å². The van der Waals surface area contributed by atoms with Crippen LogP contribution < -0.4 is 5.32 Å². The Hall–Kier alpha value is -1.40. The molecule has 0 aliphatic rings. The van der Waals surface area contributed by atoms with Gasteiger partial charge in [0.2, 0.25) is 5.91 Å². The third-order valence-corrected chi connectivity index (χ3v) is 13.6. The number of hydrogen-bond acceptors (Lipinski definition) is 5. The van der Waals surface area contributed by atoms with Gasteiger partial charge in [0.05, 0.1) is 25.4 Å². The predicted molar refractivity (Wildman–Crippen MR) is 278 cm³/mol. The lowest BCUT2D eigenvalue weighted by Gasteiger charge is -2.20. The molecular formula is C58H113NO5. The van der Waals surface area contributed by atoms with E-state index in [4.69, 9.17) is 4.74 Å². The average Bonchev–Trinajstić information content (AvgIpc) is 3.29. The van der Waals surface area contributed by atoms with Crippen molar-refractivity contribution in [1.29, 1.82) is 0 Å². The maximum absolute atomic E-state index is 12.4. The summed E-state index contributed by atoms with van der Waals surface area (Å²) in [7, 11) is 0. The molecule has 0 aromatic heterocycles. The van der Waals surface area contributed by atoms with E-state index in [1.807, 2.05) is 6.08 Å². The minimum absolute atomic E-state index is 0.0107. The number of carbonyl (C=O) groups is 2. The molecule has 2 unspecified atom stereocenters. The smallest absolute Gasteiger partial charge is 0.305 e. The summed E-state index contributed by atoms with van der Waals surface area (Å²) in [6.07, 6.45) is 63.8. The minimum Gasteiger partial charge on any atom is -0.466 e. The van der Waals surface area contributed by atoms with Gasteiger partial charge in [0.15, 0.2) is 0 Å². The number of rotatable bonds is 54. The Morgan fingerprint density at radius 1 is 0.422 bits per heavy atom. The SMILES string of the molecule is CCCCCCCCCCCC/C=C/C(O)C(CO)NC(=O)CCCCCCCCCCCCCCCCCCCCOC(=O)CCCCCCCCCCCCCCCCCCC. The number of ether oxygens (including phenoxy) is 1. The van der Waals surface area contributed by atoms with E-state index in [0.29, 0.717) is 19.4 Å². The fraction of sp³-hybridized carbons (Fsp3) is 0.931.